The maximum absolute atomic E-state index is 13.7. The second-order valence-corrected chi connectivity index (χ2v) is 10.7. The molecule has 0 spiro atoms. The summed E-state index contributed by atoms with van der Waals surface area (Å²) < 4.78 is 32.6. The number of anilines is 1. The molecule has 15 heteroatoms. The second-order valence-electron chi connectivity index (χ2n) is 8.70. The van der Waals surface area contributed by atoms with Gasteiger partial charge in [-0.05, 0) is 30.0 Å². The van der Waals surface area contributed by atoms with Gasteiger partial charge in [-0.2, -0.15) is 15.1 Å². The molecule has 38 heavy (non-hydrogen) atoms. The predicted molar refractivity (Wildman–Crippen MR) is 138 cm³/mol. The number of carboxylic acid groups (broad SMARTS) is 1. The molecule has 0 amide bonds. The lowest BCUT2D eigenvalue weighted by Crippen LogP contribution is -2.34. The number of aromatic nitrogens is 4. The Labute approximate surface area is 221 Å². The number of carboxylic acids is 1. The summed E-state index contributed by atoms with van der Waals surface area (Å²) in [5.41, 5.74) is 6.43. The molecule has 0 saturated carbocycles. The third kappa shape index (κ3) is 5.30. The molecule has 3 heterocycles. The van der Waals surface area contributed by atoms with Crippen LogP contribution in [0.15, 0.2) is 48.8 Å². The Kier molecular flexibility index (Phi) is 7.23. The summed E-state index contributed by atoms with van der Waals surface area (Å²) in [6.45, 7) is 1.04. The molecule has 2 aromatic heterocycles. The van der Waals surface area contributed by atoms with Crippen molar-refractivity contribution in [1.29, 1.82) is 0 Å². The number of carbonyl (C=O) groups is 1. The number of hydrogen-bond acceptors (Lipinski definition) is 10. The van der Waals surface area contributed by atoms with E-state index in [4.69, 9.17) is 31.1 Å². The van der Waals surface area contributed by atoms with Gasteiger partial charge >= 0.3 is 13.7 Å². The van der Waals surface area contributed by atoms with Crippen molar-refractivity contribution in [3.63, 3.8) is 0 Å². The Balaban J connectivity index is 1.35. The largest absolute Gasteiger partial charge is 0.480 e. The number of aliphatic carboxylic acids is 1. The molecule has 2 aromatic carbocycles. The number of fused-ring (bicyclic) bond motifs is 2. The first kappa shape index (κ1) is 26.3. The smallest absolute Gasteiger partial charge is 0.459 e. The lowest BCUT2D eigenvalue weighted by molar-refractivity contribution is -0.138. The topological polar surface area (TPSA) is 184 Å². The molecule has 2 unspecified atom stereocenters. The van der Waals surface area contributed by atoms with E-state index in [1.807, 2.05) is 18.2 Å². The molecule has 200 valence electrons. The minimum Gasteiger partial charge on any atom is -0.480 e. The van der Waals surface area contributed by atoms with Crippen molar-refractivity contribution < 1.29 is 33.4 Å². The summed E-state index contributed by atoms with van der Waals surface area (Å²) in [6, 6.07) is 11.3. The molecule has 13 nitrogen and oxygen atoms in total. The van der Waals surface area contributed by atoms with Crippen molar-refractivity contribution >= 4 is 53.1 Å². The molecule has 5 rings (SSSR count). The standard InChI is InChI=1S/C23H24ClN6O7P/c1-12(22(32)33)29-38(34,37-17-8-4-6-13-5-2-3-7-15(13)17)35-10-14-9-16(31)21(36-14)30-11-26-18-19(25)27-23(24)28-20(18)30/h2-8,11-12,14,16,21,31H,9-10H2,1H3,(H,29,34)(H,32,33)(H2,25,27,28)/t12?,14-,16+,21+,38?/m0/s1. The Morgan fingerprint density at radius 1 is 1.32 bits per heavy atom. The summed E-state index contributed by atoms with van der Waals surface area (Å²) in [5.74, 6) is -0.910. The zero-order chi connectivity index (χ0) is 27.0. The number of nitrogen functional groups attached to an aromatic ring is 1. The highest BCUT2D eigenvalue weighted by atomic mass is 35.5. The zero-order valence-corrected chi connectivity index (χ0v) is 21.6. The second kappa shape index (κ2) is 10.4. The molecule has 1 saturated heterocycles. The van der Waals surface area contributed by atoms with E-state index < -0.39 is 38.2 Å². The molecular formula is C23H24ClN6O7P. The molecule has 0 bridgehead atoms. The number of aliphatic hydroxyl groups excluding tert-OH is 1. The van der Waals surface area contributed by atoms with Gasteiger partial charge in [0.05, 0.1) is 19.0 Å². The number of hydrogen-bond donors (Lipinski definition) is 4. The first-order valence-corrected chi connectivity index (χ1v) is 13.5. The third-order valence-electron chi connectivity index (χ3n) is 5.98. The quantitative estimate of drug-likeness (QED) is 0.173. The summed E-state index contributed by atoms with van der Waals surface area (Å²) in [5, 5.41) is 23.9. The van der Waals surface area contributed by atoms with Gasteiger partial charge in [-0.1, -0.05) is 36.4 Å². The van der Waals surface area contributed by atoms with E-state index in [2.05, 4.69) is 20.0 Å². The molecule has 0 aliphatic carbocycles. The van der Waals surface area contributed by atoms with Crippen molar-refractivity contribution in [3.05, 3.63) is 54.1 Å². The average molecular weight is 563 g/mol. The Bertz CT molecular complexity index is 1550. The summed E-state index contributed by atoms with van der Waals surface area (Å²) in [7, 11) is -4.23. The number of benzene rings is 2. The summed E-state index contributed by atoms with van der Waals surface area (Å²) >= 11 is 5.93. The fourth-order valence-electron chi connectivity index (χ4n) is 4.15. The summed E-state index contributed by atoms with van der Waals surface area (Å²) in [4.78, 5) is 23.6. The van der Waals surface area contributed by atoms with Crippen LogP contribution in [0.3, 0.4) is 0 Å². The van der Waals surface area contributed by atoms with Crippen LogP contribution in [0.25, 0.3) is 21.9 Å². The fraction of sp³-hybridized carbons (Fsp3) is 0.304. The van der Waals surface area contributed by atoms with E-state index in [0.29, 0.717) is 10.9 Å². The highest BCUT2D eigenvalue weighted by molar-refractivity contribution is 7.52. The van der Waals surface area contributed by atoms with E-state index in [1.165, 1.54) is 17.8 Å². The van der Waals surface area contributed by atoms with Crippen LogP contribution in [-0.2, 0) is 18.6 Å². The highest BCUT2D eigenvalue weighted by Gasteiger charge is 2.39. The van der Waals surface area contributed by atoms with Gasteiger partial charge in [0, 0.05) is 11.8 Å². The van der Waals surface area contributed by atoms with Crippen LogP contribution in [0.2, 0.25) is 5.28 Å². The molecular weight excluding hydrogens is 539 g/mol. The van der Waals surface area contributed by atoms with Gasteiger partial charge in [0.25, 0.3) is 0 Å². The lowest BCUT2D eigenvalue weighted by atomic mass is 10.1. The van der Waals surface area contributed by atoms with E-state index in [1.54, 1.807) is 24.3 Å². The normalized spacial score (nSPS) is 21.9. The molecule has 1 aliphatic heterocycles. The van der Waals surface area contributed by atoms with Crippen molar-refractivity contribution in [2.45, 2.75) is 37.8 Å². The lowest BCUT2D eigenvalue weighted by Gasteiger charge is -2.24. The average Bonchev–Trinajstić information content (AvgIpc) is 3.46. The number of nitrogens with zero attached hydrogens (tertiary/aromatic N) is 4. The Morgan fingerprint density at radius 3 is 2.87 bits per heavy atom. The molecule has 4 aromatic rings. The molecule has 1 aliphatic rings. The third-order valence-corrected chi connectivity index (χ3v) is 7.78. The molecule has 1 fully saturated rings. The first-order valence-electron chi connectivity index (χ1n) is 11.5. The predicted octanol–water partition coefficient (Wildman–Crippen LogP) is 3.13. The molecule has 5 atom stereocenters. The fourth-order valence-corrected chi connectivity index (χ4v) is 5.87. The summed E-state index contributed by atoms with van der Waals surface area (Å²) in [6.07, 6.45) is -1.13. The van der Waals surface area contributed by atoms with Crippen LogP contribution < -0.4 is 15.3 Å². The van der Waals surface area contributed by atoms with Gasteiger partial charge in [-0.15, -0.1) is 0 Å². The van der Waals surface area contributed by atoms with Gasteiger partial charge in [-0.25, -0.2) is 9.55 Å². The Morgan fingerprint density at radius 2 is 2.08 bits per heavy atom. The zero-order valence-electron chi connectivity index (χ0n) is 20.0. The van der Waals surface area contributed by atoms with E-state index in [0.717, 1.165) is 5.39 Å². The number of ether oxygens (including phenoxy) is 1. The minimum absolute atomic E-state index is 0.0799. The number of nitrogens with two attached hydrogens (primary N) is 1. The van der Waals surface area contributed by atoms with Crippen LogP contribution in [0.5, 0.6) is 5.75 Å². The molecule has 5 N–H and O–H groups in total. The SMILES string of the molecule is CC(NP(=O)(OC[C@@H]1C[C@@H](O)[C@H](n2cnc3c(N)nc(Cl)nc32)O1)Oc1cccc2ccccc12)C(=O)O. The number of halogens is 1. The van der Waals surface area contributed by atoms with Crippen LogP contribution in [-0.4, -0.2) is 60.6 Å². The van der Waals surface area contributed by atoms with E-state index in [9.17, 15) is 19.6 Å². The molecule has 0 radical (unpaired) electrons. The van der Waals surface area contributed by atoms with Crippen molar-refractivity contribution in [3.8, 4) is 5.75 Å². The van der Waals surface area contributed by atoms with Crippen LogP contribution in [0.4, 0.5) is 5.82 Å². The number of imidazole rings is 1. The Hall–Kier alpha value is -3.32. The van der Waals surface area contributed by atoms with Gasteiger partial charge in [0.1, 0.15) is 23.4 Å². The van der Waals surface area contributed by atoms with Gasteiger partial charge in [-0.3, -0.25) is 13.9 Å². The van der Waals surface area contributed by atoms with Gasteiger partial charge < -0.3 is 25.2 Å². The van der Waals surface area contributed by atoms with E-state index >= 15 is 0 Å². The highest BCUT2D eigenvalue weighted by Crippen LogP contribution is 2.47. The maximum Gasteiger partial charge on any atom is 0.459 e. The van der Waals surface area contributed by atoms with Gasteiger partial charge in [0.15, 0.2) is 17.7 Å². The number of aliphatic hydroxyl groups is 1. The number of rotatable bonds is 9. The maximum atomic E-state index is 13.7. The van der Waals surface area contributed by atoms with E-state index in [-0.39, 0.29) is 35.5 Å². The minimum atomic E-state index is -4.23. The van der Waals surface area contributed by atoms with Crippen molar-refractivity contribution in [1.82, 2.24) is 24.6 Å². The van der Waals surface area contributed by atoms with Crippen molar-refractivity contribution in [2.75, 3.05) is 12.3 Å². The van der Waals surface area contributed by atoms with Crippen molar-refractivity contribution in [2.24, 2.45) is 0 Å². The van der Waals surface area contributed by atoms with Crippen LogP contribution in [0.1, 0.15) is 19.6 Å². The first-order chi connectivity index (χ1) is 18.1. The van der Waals surface area contributed by atoms with Gasteiger partial charge in [0.2, 0.25) is 5.28 Å². The monoisotopic (exact) mass is 562 g/mol. The van der Waals surface area contributed by atoms with Crippen LogP contribution in [0, 0.1) is 0 Å². The van der Waals surface area contributed by atoms with Crippen LogP contribution >= 0.6 is 19.3 Å². The number of nitrogens with one attached hydrogen (secondary N) is 1.